The average Bonchev–Trinajstić information content (AvgIpc) is 2.18. The van der Waals surface area contributed by atoms with Crippen LogP contribution >= 0.6 is 11.6 Å². The minimum absolute atomic E-state index is 0.437. The van der Waals surface area contributed by atoms with Crippen LogP contribution in [0.5, 0.6) is 0 Å². The zero-order valence-electron chi connectivity index (χ0n) is 9.00. The molecule has 0 fully saturated rings. The fourth-order valence-corrected chi connectivity index (χ4v) is 2.25. The first kappa shape index (κ1) is 12.8. The summed E-state index contributed by atoms with van der Waals surface area (Å²) in [4.78, 5) is 0.838. The highest BCUT2D eigenvalue weighted by Crippen LogP contribution is 2.14. The molecule has 1 unspecified atom stereocenters. The first-order valence-corrected chi connectivity index (χ1v) is 6.66. The van der Waals surface area contributed by atoms with E-state index in [4.69, 9.17) is 11.6 Å². The molecule has 1 atom stereocenters. The minimum atomic E-state index is -0.929. The van der Waals surface area contributed by atoms with Gasteiger partial charge in [0.15, 0.2) is 4.90 Å². The van der Waals surface area contributed by atoms with Crippen LogP contribution < -0.4 is 5.32 Å². The van der Waals surface area contributed by atoms with Crippen LogP contribution in [0.3, 0.4) is 0 Å². The summed E-state index contributed by atoms with van der Waals surface area (Å²) >= 11 is 4.82. The van der Waals surface area contributed by atoms with Gasteiger partial charge in [-0.1, -0.05) is 25.4 Å². The molecule has 0 heterocycles. The van der Waals surface area contributed by atoms with Gasteiger partial charge in [-0.2, -0.15) is 0 Å². The summed E-state index contributed by atoms with van der Waals surface area (Å²) in [7, 11) is 0. The second-order valence-corrected chi connectivity index (χ2v) is 5.62. The van der Waals surface area contributed by atoms with Crippen LogP contribution in [0, 0.1) is 0 Å². The second-order valence-electron chi connectivity index (χ2n) is 3.61. The van der Waals surface area contributed by atoms with Crippen molar-refractivity contribution in [3.63, 3.8) is 0 Å². The Morgan fingerprint density at radius 2 is 1.93 bits per heavy atom. The Labute approximate surface area is 99.2 Å². The first-order chi connectivity index (χ1) is 7.09. The van der Waals surface area contributed by atoms with E-state index in [1.54, 1.807) is 12.1 Å². The third-order valence-corrected chi connectivity index (χ3v) is 3.54. The van der Waals surface area contributed by atoms with Crippen LogP contribution in [-0.2, 0) is 11.2 Å². The van der Waals surface area contributed by atoms with Crippen LogP contribution in [0.1, 0.15) is 13.8 Å². The van der Waals surface area contributed by atoms with Crippen molar-refractivity contribution in [2.45, 2.75) is 24.8 Å². The summed E-state index contributed by atoms with van der Waals surface area (Å²) < 4.78 is 11.8. The van der Waals surface area contributed by atoms with Gasteiger partial charge in [0.05, 0.1) is 0 Å². The summed E-state index contributed by atoms with van der Waals surface area (Å²) in [6.45, 7) is 4.92. The van der Waals surface area contributed by atoms with E-state index in [1.165, 1.54) is 0 Å². The Morgan fingerprint density at radius 1 is 1.33 bits per heavy atom. The monoisotopic (exact) mass is 245 g/mol. The molecular weight excluding hydrogens is 230 g/mol. The Morgan fingerprint density at radius 3 is 2.47 bits per heavy atom. The molecule has 0 aliphatic heterocycles. The number of hydrogen-bond acceptors (Lipinski definition) is 2. The number of nitrogens with one attached hydrogen (secondary N) is 1. The molecule has 4 heteroatoms. The minimum Gasteiger partial charge on any atom is -0.611 e. The summed E-state index contributed by atoms with van der Waals surface area (Å²) in [5.41, 5.74) is 0. The Hall–Kier alpha value is -0.220. The van der Waals surface area contributed by atoms with Gasteiger partial charge in [-0.3, -0.25) is 0 Å². The van der Waals surface area contributed by atoms with Gasteiger partial charge in [-0.25, -0.2) is 0 Å². The molecule has 84 valence electrons. The van der Waals surface area contributed by atoms with Gasteiger partial charge in [0.2, 0.25) is 0 Å². The lowest BCUT2D eigenvalue weighted by Gasteiger charge is -2.12. The zero-order valence-corrected chi connectivity index (χ0v) is 10.6. The average molecular weight is 246 g/mol. The molecule has 0 aliphatic rings. The van der Waals surface area contributed by atoms with Crippen molar-refractivity contribution in [2.75, 3.05) is 12.3 Å². The maximum absolute atomic E-state index is 11.8. The predicted octanol–water partition coefficient (Wildman–Crippen LogP) is 2.45. The standard InChI is InChI=1S/C11H16ClNOS/c1-9(2)13-7-8-15(14)11-5-3-10(12)4-6-11/h3-6,9,13H,7-8H2,1-2H3. The van der Waals surface area contributed by atoms with E-state index in [2.05, 4.69) is 19.2 Å². The molecule has 2 nitrogen and oxygen atoms in total. The van der Waals surface area contributed by atoms with Gasteiger partial charge < -0.3 is 9.87 Å². The lowest BCUT2D eigenvalue weighted by Crippen LogP contribution is -2.28. The van der Waals surface area contributed by atoms with Gasteiger partial charge >= 0.3 is 0 Å². The van der Waals surface area contributed by atoms with Crippen LogP contribution in [0.25, 0.3) is 0 Å². The molecule has 0 amide bonds. The highest BCUT2D eigenvalue weighted by molar-refractivity contribution is 7.91. The lowest BCUT2D eigenvalue weighted by atomic mass is 10.4. The second kappa shape index (κ2) is 6.38. The van der Waals surface area contributed by atoms with E-state index in [0.29, 0.717) is 16.8 Å². The summed E-state index contributed by atoms with van der Waals surface area (Å²) in [6, 6.07) is 7.60. The molecule has 1 aromatic carbocycles. The molecule has 0 saturated heterocycles. The number of hydrogen-bond donors (Lipinski definition) is 1. The van der Waals surface area contributed by atoms with Gasteiger partial charge in [0.1, 0.15) is 5.75 Å². The molecule has 1 aromatic rings. The molecule has 0 spiro atoms. The largest absolute Gasteiger partial charge is 0.611 e. The van der Waals surface area contributed by atoms with Gasteiger partial charge in [0.25, 0.3) is 0 Å². The fourth-order valence-electron chi connectivity index (χ4n) is 1.14. The molecule has 0 bridgehead atoms. The van der Waals surface area contributed by atoms with E-state index in [-0.39, 0.29) is 0 Å². The van der Waals surface area contributed by atoms with Crippen LogP contribution in [0.15, 0.2) is 29.2 Å². The molecule has 1 rings (SSSR count). The molecule has 1 N–H and O–H groups in total. The number of rotatable bonds is 5. The highest BCUT2D eigenvalue weighted by atomic mass is 35.5. The van der Waals surface area contributed by atoms with E-state index in [9.17, 15) is 4.55 Å². The van der Waals surface area contributed by atoms with E-state index >= 15 is 0 Å². The summed E-state index contributed by atoms with van der Waals surface area (Å²) in [5.74, 6) is 0.639. The lowest BCUT2D eigenvalue weighted by molar-refractivity contribution is 0.577. The maximum atomic E-state index is 11.8. The molecule has 15 heavy (non-hydrogen) atoms. The van der Waals surface area contributed by atoms with E-state index < -0.39 is 11.2 Å². The molecular formula is C11H16ClNOS. The Kier molecular flexibility index (Phi) is 5.47. The van der Waals surface area contributed by atoms with Gasteiger partial charge in [-0.05, 0) is 35.4 Å². The van der Waals surface area contributed by atoms with Crippen molar-refractivity contribution in [3.05, 3.63) is 29.3 Å². The molecule has 0 aliphatic carbocycles. The van der Waals surface area contributed by atoms with Crippen molar-refractivity contribution >= 4 is 22.8 Å². The predicted molar refractivity (Wildman–Crippen MR) is 65.9 cm³/mol. The highest BCUT2D eigenvalue weighted by Gasteiger charge is 2.09. The number of benzene rings is 1. The van der Waals surface area contributed by atoms with E-state index in [1.807, 2.05) is 12.1 Å². The molecule has 0 saturated carbocycles. The van der Waals surface area contributed by atoms with Gasteiger partial charge in [0, 0.05) is 17.6 Å². The first-order valence-electron chi connectivity index (χ1n) is 4.97. The smallest absolute Gasteiger partial charge is 0.152 e. The van der Waals surface area contributed by atoms with Crippen LogP contribution in [0.2, 0.25) is 5.02 Å². The van der Waals surface area contributed by atoms with Crippen molar-refractivity contribution in [1.82, 2.24) is 5.32 Å². The summed E-state index contributed by atoms with van der Waals surface area (Å²) in [6.07, 6.45) is 0. The van der Waals surface area contributed by atoms with Crippen LogP contribution in [-0.4, -0.2) is 22.9 Å². The van der Waals surface area contributed by atoms with Gasteiger partial charge in [-0.15, -0.1) is 0 Å². The Balaban J connectivity index is 2.40. The van der Waals surface area contributed by atoms with Crippen molar-refractivity contribution in [3.8, 4) is 0 Å². The summed E-state index contributed by atoms with van der Waals surface area (Å²) in [5, 5.41) is 3.92. The van der Waals surface area contributed by atoms with Crippen molar-refractivity contribution in [1.29, 1.82) is 0 Å². The topological polar surface area (TPSA) is 35.1 Å². The fraction of sp³-hybridized carbons (Fsp3) is 0.455. The zero-order chi connectivity index (χ0) is 11.3. The van der Waals surface area contributed by atoms with Crippen molar-refractivity contribution < 1.29 is 4.55 Å². The quantitative estimate of drug-likeness (QED) is 0.809. The molecule has 0 radical (unpaired) electrons. The van der Waals surface area contributed by atoms with Crippen molar-refractivity contribution in [2.24, 2.45) is 0 Å². The normalized spacial score (nSPS) is 13.1. The Bertz CT molecular complexity index is 289. The SMILES string of the molecule is CC(C)NCC[S+]([O-])c1ccc(Cl)cc1. The molecule has 0 aromatic heterocycles. The number of halogens is 1. The maximum Gasteiger partial charge on any atom is 0.152 e. The van der Waals surface area contributed by atoms with Crippen LogP contribution in [0.4, 0.5) is 0 Å². The third kappa shape index (κ3) is 4.89. The van der Waals surface area contributed by atoms with E-state index in [0.717, 1.165) is 11.4 Å². The third-order valence-electron chi connectivity index (χ3n) is 1.92.